The van der Waals surface area contributed by atoms with Gasteiger partial charge in [-0.15, -0.1) is 0 Å². The van der Waals surface area contributed by atoms with Gasteiger partial charge in [0.15, 0.2) is 0 Å². The van der Waals surface area contributed by atoms with Gasteiger partial charge in [-0.1, -0.05) is 19.8 Å². The van der Waals surface area contributed by atoms with Gasteiger partial charge in [-0.2, -0.15) is 22.0 Å². The second-order valence-electron chi connectivity index (χ2n) is 6.75. The van der Waals surface area contributed by atoms with Gasteiger partial charge in [-0.25, -0.2) is 0 Å². The number of rotatable bonds is 2. The highest BCUT2D eigenvalue weighted by Gasteiger charge is 2.62. The highest BCUT2D eigenvalue weighted by molar-refractivity contribution is 4.89. The van der Waals surface area contributed by atoms with Gasteiger partial charge in [0.25, 0.3) is 0 Å². The fourth-order valence-electron chi connectivity index (χ4n) is 3.94. The molecule has 2 aliphatic carbocycles. The van der Waals surface area contributed by atoms with E-state index in [0.29, 0.717) is 24.7 Å². The van der Waals surface area contributed by atoms with Crippen LogP contribution in [0.2, 0.25) is 0 Å². The van der Waals surface area contributed by atoms with Crippen molar-refractivity contribution in [1.82, 2.24) is 0 Å². The topological polar surface area (TPSA) is 0 Å². The molecule has 122 valence electrons. The zero-order valence-corrected chi connectivity index (χ0v) is 11.9. The number of hydrogen-bond acceptors (Lipinski definition) is 0. The van der Waals surface area contributed by atoms with E-state index < -0.39 is 18.0 Å². The molecule has 0 radical (unpaired) electrons. The average molecular weight is 302 g/mol. The molecule has 2 fully saturated rings. The van der Waals surface area contributed by atoms with Crippen molar-refractivity contribution in [3.05, 3.63) is 0 Å². The molecule has 20 heavy (non-hydrogen) atoms. The second-order valence-corrected chi connectivity index (χ2v) is 6.75. The molecule has 0 aromatic rings. The predicted molar refractivity (Wildman–Crippen MR) is 71.8 cm³/mol. The van der Waals surface area contributed by atoms with Crippen LogP contribution >= 0.6 is 0 Å². The lowest BCUT2D eigenvalue weighted by Crippen LogP contribution is -2.45. The van der Waals surface area contributed by atoms with Crippen LogP contribution in [0, 0.1) is 23.7 Å². The van der Waals surface area contributed by atoms with E-state index in [-0.39, 0.29) is 15.7 Å². The summed E-state index contributed by atoms with van der Waals surface area (Å²) in [6.45, 7) is 2.22. The normalized spacial score (nSPS) is 36.9. The van der Waals surface area contributed by atoms with Crippen LogP contribution in [0.1, 0.15) is 61.1 Å². The molecular weight excluding hydrogens is 275 g/mol. The fourth-order valence-corrected chi connectivity index (χ4v) is 3.94. The van der Waals surface area contributed by atoms with Crippen LogP contribution < -0.4 is 0 Å². The van der Waals surface area contributed by atoms with Crippen molar-refractivity contribution in [2.24, 2.45) is 23.7 Å². The number of hydrogen-bond donors (Lipinski definition) is 0. The largest absolute Gasteiger partial charge is 0.453 e. The molecule has 2 rings (SSSR count). The molecule has 0 amide bonds. The molecule has 2 aliphatic rings. The van der Waals surface area contributed by atoms with Crippen molar-refractivity contribution in [1.29, 1.82) is 0 Å². The van der Waals surface area contributed by atoms with Crippen molar-refractivity contribution >= 4 is 0 Å². The third kappa shape index (κ3) is 3.28. The summed E-state index contributed by atoms with van der Waals surface area (Å²) in [5, 5.41) is 0. The van der Waals surface area contributed by atoms with Gasteiger partial charge >= 0.3 is 12.1 Å². The van der Waals surface area contributed by atoms with Gasteiger partial charge in [0, 0.05) is 8.77 Å². The first-order chi connectivity index (χ1) is 9.22. The summed E-state index contributed by atoms with van der Waals surface area (Å²) >= 11 is 0. The van der Waals surface area contributed by atoms with E-state index >= 15 is 0 Å². The number of halogens is 5. The highest BCUT2D eigenvalue weighted by Crippen LogP contribution is 2.49. The molecule has 0 nitrogen and oxygen atoms in total. The maximum Gasteiger partial charge on any atom is 0.453 e. The van der Waals surface area contributed by atoms with E-state index in [1.165, 1.54) is 12.8 Å². The minimum atomic E-state index is -5.40. The van der Waals surface area contributed by atoms with E-state index in [1.807, 2.05) is 0 Å². The van der Waals surface area contributed by atoms with Gasteiger partial charge in [0.05, 0.1) is 0 Å². The maximum absolute atomic E-state index is 13.3. The quantitative estimate of drug-likeness (QED) is 0.524. The van der Waals surface area contributed by atoms with E-state index in [4.69, 9.17) is 0 Å². The zero-order chi connectivity index (χ0) is 15.0. The molecule has 0 saturated heterocycles. The molecule has 0 unspecified atom stereocenters. The molecule has 0 aromatic carbocycles. The summed E-state index contributed by atoms with van der Waals surface area (Å²) in [6, 6.07) is 0. The lowest BCUT2D eigenvalue weighted by atomic mass is 9.68. The Morgan fingerprint density at radius 1 is 0.700 bits per heavy atom. The zero-order valence-electron chi connectivity index (χ0n) is 11.9. The Kier molecular flexibility index (Phi) is 4.65. The predicted octanol–water partition coefficient (Wildman–Crippen LogP) is 6.31. The van der Waals surface area contributed by atoms with Crippen LogP contribution in [0.3, 0.4) is 0 Å². The van der Waals surface area contributed by atoms with Crippen LogP contribution in [0.5, 0.6) is 0 Å². The Balaban J connectivity index is 0.00000220. The molecule has 0 heterocycles. The summed E-state index contributed by atoms with van der Waals surface area (Å²) in [5.74, 6) is -4.38. The first-order valence-electron chi connectivity index (χ1n) is 7.66. The van der Waals surface area contributed by atoms with Crippen LogP contribution in [0.25, 0.3) is 0 Å². The molecule has 0 aliphatic heterocycles. The van der Waals surface area contributed by atoms with Gasteiger partial charge in [-0.05, 0) is 56.3 Å². The first kappa shape index (κ1) is 16.0. The average Bonchev–Trinajstić information content (AvgIpc) is 2.38. The third-order valence-electron chi connectivity index (χ3n) is 5.39. The number of alkyl halides is 5. The molecule has 0 bridgehead atoms. The van der Waals surface area contributed by atoms with Crippen molar-refractivity contribution < 1.29 is 24.8 Å². The Hall–Kier alpha value is -0.350. The summed E-state index contributed by atoms with van der Waals surface area (Å²) in [7, 11) is 0. The summed E-state index contributed by atoms with van der Waals surface area (Å²) in [4.78, 5) is 0. The van der Waals surface area contributed by atoms with E-state index in [9.17, 15) is 22.0 Å². The molecule has 0 aromatic heterocycles. The Morgan fingerprint density at radius 2 is 1.10 bits per heavy atom. The minimum absolute atomic E-state index is 0. The summed E-state index contributed by atoms with van der Waals surface area (Å²) in [6.07, 6.45) is 0.285. The van der Waals surface area contributed by atoms with Gasteiger partial charge in [-0.3, -0.25) is 0 Å². The fraction of sp³-hybridized carbons (Fsp3) is 1.00. The van der Waals surface area contributed by atoms with E-state index in [1.54, 1.807) is 0 Å². The molecule has 2 saturated carbocycles. The second kappa shape index (κ2) is 5.80. The molecule has 0 atom stereocenters. The monoisotopic (exact) mass is 302 g/mol. The lowest BCUT2D eigenvalue weighted by molar-refractivity contribution is -0.306. The lowest BCUT2D eigenvalue weighted by Gasteiger charge is -2.39. The Labute approximate surface area is 120 Å². The molecule has 0 spiro atoms. The smallest absolute Gasteiger partial charge is 0.196 e. The maximum atomic E-state index is 13.3. The van der Waals surface area contributed by atoms with Gasteiger partial charge < -0.3 is 0 Å². The molecule has 0 N–H and O–H groups in total. The van der Waals surface area contributed by atoms with Crippen LogP contribution in [-0.2, 0) is 0 Å². The highest BCUT2D eigenvalue weighted by atomic mass is 19.4. The Morgan fingerprint density at radius 3 is 1.50 bits per heavy atom. The van der Waals surface area contributed by atoms with Crippen LogP contribution in [-0.4, -0.2) is 12.1 Å². The minimum Gasteiger partial charge on any atom is -0.196 e. The van der Waals surface area contributed by atoms with Crippen molar-refractivity contribution in [3.8, 4) is 0 Å². The van der Waals surface area contributed by atoms with Crippen molar-refractivity contribution in [2.45, 2.75) is 70.4 Å². The summed E-state index contributed by atoms with van der Waals surface area (Å²) < 4.78 is 63.7. The summed E-state index contributed by atoms with van der Waals surface area (Å²) in [5.41, 5.74) is 0. The van der Waals surface area contributed by atoms with Crippen LogP contribution in [0.15, 0.2) is 0 Å². The third-order valence-corrected chi connectivity index (χ3v) is 5.39. The van der Waals surface area contributed by atoms with Gasteiger partial charge in [0.1, 0.15) is 0 Å². The first-order valence-corrected chi connectivity index (χ1v) is 7.66. The molecule has 5 heteroatoms. The van der Waals surface area contributed by atoms with Gasteiger partial charge in [0.2, 0.25) is 0 Å². The standard InChI is InChI=1S/C15H23F5.2H2/c1-10-2-4-11(5-3-10)12-6-8-13(9-7-12)14(16,17)15(18,19)20;;/h10-13H,2-9H2,1H3;2*1H. The van der Waals surface area contributed by atoms with Crippen LogP contribution in [0.4, 0.5) is 22.0 Å². The van der Waals surface area contributed by atoms with E-state index in [2.05, 4.69) is 6.92 Å². The van der Waals surface area contributed by atoms with E-state index in [0.717, 1.165) is 18.8 Å². The van der Waals surface area contributed by atoms with Crippen molar-refractivity contribution in [2.75, 3.05) is 0 Å². The SMILES string of the molecule is CC1CCC(C2CCC(C(F)(F)C(F)(F)F)CC2)CC1.[HH].[HH]. The Bertz CT molecular complexity index is 316. The molecular formula is C15H27F5. The van der Waals surface area contributed by atoms with Crippen molar-refractivity contribution in [3.63, 3.8) is 0 Å².